The predicted octanol–water partition coefficient (Wildman–Crippen LogP) is 1.39. The zero-order valence-electron chi connectivity index (χ0n) is 10.4. The minimum atomic E-state index is 0.111. The lowest BCUT2D eigenvalue weighted by atomic mass is 10.2. The van der Waals surface area contributed by atoms with Gasteiger partial charge in [0.25, 0.3) is 0 Å². The maximum Gasteiger partial charge on any atom is 0.245 e. The van der Waals surface area contributed by atoms with E-state index in [-0.39, 0.29) is 5.95 Å². The molecule has 7 heteroatoms. The van der Waals surface area contributed by atoms with Crippen LogP contribution in [-0.4, -0.2) is 19.9 Å². The Morgan fingerprint density at radius 2 is 2.05 bits per heavy atom. The summed E-state index contributed by atoms with van der Waals surface area (Å²) in [6, 6.07) is 9.19. The number of imidazole rings is 1. The molecule has 2 aromatic heterocycles. The number of aromatic nitrogens is 4. The highest BCUT2D eigenvalue weighted by Crippen LogP contribution is 2.20. The second-order valence-corrected chi connectivity index (χ2v) is 4.09. The minimum absolute atomic E-state index is 0.111. The number of rotatable bonds is 3. The molecule has 7 nitrogen and oxygen atoms in total. The first-order chi connectivity index (χ1) is 9.76. The van der Waals surface area contributed by atoms with Gasteiger partial charge in [0.05, 0.1) is 18.0 Å². The number of hydrogen-bond donors (Lipinski definition) is 2. The van der Waals surface area contributed by atoms with Crippen LogP contribution in [0, 0.1) is 11.3 Å². The van der Waals surface area contributed by atoms with E-state index >= 15 is 0 Å². The van der Waals surface area contributed by atoms with Gasteiger partial charge in [0.2, 0.25) is 11.8 Å². The van der Waals surface area contributed by atoms with Gasteiger partial charge in [-0.05, 0) is 17.7 Å². The lowest BCUT2D eigenvalue weighted by molar-refractivity contribution is 0.297. The van der Waals surface area contributed by atoms with Gasteiger partial charge in [-0.25, -0.2) is 4.98 Å². The van der Waals surface area contributed by atoms with Crippen LogP contribution in [0.1, 0.15) is 11.1 Å². The second-order valence-electron chi connectivity index (χ2n) is 4.09. The largest absolute Gasteiger partial charge is 0.471 e. The third kappa shape index (κ3) is 2.22. The van der Waals surface area contributed by atoms with Crippen molar-refractivity contribution in [3.05, 3.63) is 41.7 Å². The second kappa shape index (κ2) is 4.85. The SMILES string of the molecule is N#Cc1ccc(COc2nc(N)nc3nc[nH]c23)cc1. The van der Waals surface area contributed by atoms with Gasteiger partial charge in [-0.2, -0.15) is 15.2 Å². The molecule has 0 spiro atoms. The predicted molar refractivity (Wildman–Crippen MR) is 71.6 cm³/mol. The summed E-state index contributed by atoms with van der Waals surface area (Å²) in [5, 5.41) is 8.74. The number of nitrogen functional groups attached to an aromatic ring is 1. The number of fused-ring (bicyclic) bond motifs is 1. The molecule has 0 saturated heterocycles. The molecule has 2 heterocycles. The van der Waals surface area contributed by atoms with Crippen LogP contribution in [0.3, 0.4) is 0 Å². The molecule has 0 atom stereocenters. The van der Waals surface area contributed by atoms with Gasteiger partial charge in [-0.1, -0.05) is 12.1 Å². The Morgan fingerprint density at radius 3 is 2.80 bits per heavy atom. The van der Waals surface area contributed by atoms with Crippen LogP contribution in [0.2, 0.25) is 0 Å². The molecule has 0 fully saturated rings. The molecular formula is C13H10N6O. The molecule has 20 heavy (non-hydrogen) atoms. The van der Waals surface area contributed by atoms with E-state index in [4.69, 9.17) is 15.7 Å². The normalized spacial score (nSPS) is 10.3. The maximum absolute atomic E-state index is 8.74. The highest BCUT2D eigenvalue weighted by Gasteiger charge is 2.09. The molecule has 0 aliphatic carbocycles. The molecule has 0 unspecified atom stereocenters. The number of benzene rings is 1. The van der Waals surface area contributed by atoms with E-state index in [9.17, 15) is 0 Å². The smallest absolute Gasteiger partial charge is 0.245 e. The summed E-state index contributed by atoms with van der Waals surface area (Å²) in [4.78, 5) is 15.0. The van der Waals surface area contributed by atoms with Gasteiger partial charge in [0.1, 0.15) is 12.1 Å². The van der Waals surface area contributed by atoms with Gasteiger partial charge in [-0.15, -0.1) is 0 Å². The Kier molecular flexibility index (Phi) is 2.89. The number of nitrogens with zero attached hydrogens (tertiary/aromatic N) is 4. The summed E-state index contributed by atoms with van der Waals surface area (Å²) < 4.78 is 5.63. The molecule has 0 aliphatic heterocycles. The van der Waals surface area contributed by atoms with Gasteiger partial charge in [0.15, 0.2) is 5.65 Å². The van der Waals surface area contributed by atoms with E-state index in [1.165, 1.54) is 6.33 Å². The van der Waals surface area contributed by atoms with Gasteiger partial charge in [-0.3, -0.25) is 0 Å². The van der Waals surface area contributed by atoms with Gasteiger partial charge in [0, 0.05) is 0 Å². The number of ether oxygens (including phenoxy) is 1. The first-order valence-electron chi connectivity index (χ1n) is 5.84. The van der Waals surface area contributed by atoms with Crippen molar-refractivity contribution in [2.45, 2.75) is 6.61 Å². The zero-order chi connectivity index (χ0) is 13.9. The third-order valence-corrected chi connectivity index (χ3v) is 2.73. The Bertz CT molecular complexity index is 787. The van der Waals surface area contributed by atoms with E-state index in [2.05, 4.69) is 26.0 Å². The van der Waals surface area contributed by atoms with Crippen LogP contribution in [0.25, 0.3) is 11.2 Å². The number of nitriles is 1. The third-order valence-electron chi connectivity index (χ3n) is 2.73. The number of nitrogens with two attached hydrogens (primary N) is 1. The van der Waals surface area contributed by atoms with Crippen molar-refractivity contribution in [2.24, 2.45) is 0 Å². The average molecular weight is 266 g/mol. The highest BCUT2D eigenvalue weighted by molar-refractivity contribution is 5.76. The van der Waals surface area contributed by atoms with Crippen LogP contribution in [0.4, 0.5) is 5.95 Å². The van der Waals surface area contributed by atoms with Crippen molar-refractivity contribution in [1.29, 1.82) is 5.26 Å². The number of H-pyrrole nitrogens is 1. The fourth-order valence-corrected chi connectivity index (χ4v) is 1.75. The van der Waals surface area contributed by atoms with Crippen molar-refractivity contribution in [1.82, 2.24) is 19.9 Å². The number of anilines is 1. The molecule has 1 aromatic carbocycles. The Morgan fingerprint density at radius 1 is 1.25 bits per heavy atom. The molecule has 0 radical (unpaired) electrons. The summed E-state index contributed by atoms with van der Waals surface area (Å²) in [6.45, 7) is 0.316. The lowest BCUT2D eigenvalue weighted by Gasteiger charge is -2.06. The first-order valence-corrected chi connectivity index (χ1v) is 5.84. The monoisotopic (exact) mass is 266 g/mol. The number of aromatic amines is 1. The Hall–Kier alpha value is -3.14. The van der Waals surface area contributed by atoms with Crippen molar-refractivity contribution in [3.63, 3.8) is 0 Å². The van der Waals surface area contributed by atoms with Crippen molar-refractivity contribution in [3.8, 4) is 11.9 Å². The van der Waals surface area contributed by atoms with Gasteiger partial charge >= 0.3 is 0 Å². The fourth-order valence-electron chi connectivity index (χ4n) is 1.75. The molecule has 3 aromatic rings. The van der Waals surface area contributed by atoms with Crippen molar-refractivity contribution >= 4 is 17.1 Å². The summed E-state index contributed by atoms with van der Waals surface area (Å²) in [5.74, 6) is 0.466. The number of nitrogens with one attached hydrogen (secondary N) is 1. The molecule has 0 bridgehead atoms. The zero-order valence-corrected chi connectivity index (χ0v) is 10.4. The fraction of sp³-hybridized carbons (Fsp3) is 0.0769. The van der Waals surface area contributed by atoms with Crippen LogP contribution >= 0.6 is 0 Å². The van der Waals surface area contributed by atoms with Crippen LogP contribution in [-0.2, 0) is 6.61 Å². The van der Waals surface area contributed by atoms with Gasteiger partial charge < -0.3 is 15.5 Å². The van der Waals surface area contributed by atoms with E-state index in [0.29, 0.717) is 29.2 Å². The lowest BCUT2D eigenvalue weighted by Crippen LogP contribution is -2.02. The van der Waals surface area contributed by atoms with E-state index in [1.807, 2.05) is 12.1 Å². The standard InChI is InChI=1S/C13H10N6O/c14-5-8-1-3-9(4-2-8)6-20-12-10-11(17-7-16-10)18-13(15)19-12/h1-4,7H,6H2,(H3,15,16,17,18,19). The maximum atomic E-state index is 8.74. The van der Waals surface area contributed by atoms with Crippen molar-refractivity contribution < 1.29 is 4.74 Å². The van der Waals surface area contributed by atoms with Crippen LogP contribution < -0.4 is 10.5 Å². The van der Waals surface area contributed by atoms with E-state index < -0.39 is 0 Å². The minimum Gasteiger partial charge on any atom is -0.471 e. The molecule has 0 saturated carbocycles. The summed E-state index contributed by atoms with van der Waals surface area (Å²) in [7, 11) is 0. The van der Waals surface area contributed by atoms with E-state index in [0.717, 1.165) is 5.56 Å². The molecule has 3 rings (SSSR count). The highest BCUT2D eigenvalue weighted by atomic mass is 16.5. The average Bonchev–Trinajstić information content (AvgIpc) is 2.93. The molecule has 98 valence electrons. The quantitative estimate of drug-likeness (QED) is 0.740. The Balaban J connectivity index is 1.82. The number of hydrogen-bond acceptors (Lipinski definition) is 6. The molecular weight excluding hydrogens is 256 g/mol. The first kappa shape index (κ1) is 11.9. The van der Waals surface area contributed by atoms with Crippen molar-refractivity contribution in [2.75, 3.05) is 5.73 Å². The van der Waals surface area contributed by atoms with Crippen LogP contribution in [0.15, 0.2) is 30.6 Å². The molecule has 3 N–H and O–H groups in total. The molecule has 0 amide bonds. The summed E-state index contributed by atoms with van der Waals surface area (Å²) in [6.07, 6.45) is 1.51. The summed E-state index contributed by atoms with van der Waals surface area (Å²) in [5.41, 5.74) is 8.20. The van der Waals surface area contributed by atoms with Crippen LogP contribution in [0.5, 0.6) is 5.88 Å². The van der Waals surface area contributed by atoms with E-state index in [1.54, 1.807) is 12.1 Å². The Labute approximate surface area is 114 Å². The topological polar surface area (TPSA) is 114 Å². The molecule has 0 aliphatic rings. The summed E-state index contributed by atoms with van der Waals surface area (Å²) >= 11 is 0.